The fraction of sp³-hybridized carbons (Fsp3) is 0.824. The van der Waals surface area contributed by atoms with Gasteiger partial charge in [0.25, 0.3) is 0 Å². The van der Waals surface area contributed by atoms with Gasteiger partial charge in [-0.15, -0.1) is 0 Å². The number of nitrogens with one attached hydrogen (secondary N) is 1. The van der Waals surface area contributed by atoms with E-state index in [9.17, 15) is 0 Å². The van der Waals surface area contributed by atoms with Crippen molar-refractivity contribution in [3.8, 4) is 0 Å². The molecule has 0 bridgehead atoms. The van der Waals surface area contributed by atoms with Crippen LogP contribution in [0, 0.1) is 18.8 Å². The maximum Gasteiger partial charge on any atom is 0.0847 e. The molecule has 1 aromatic rings. The van der Waals surface area contributed by atoms with E-state index in [1.54, 1.807) is 0 Å². The van der Waals surface area contributed by atoms with Crippen LogP contribution >= 0.6 is 11.6 Å². The highest BCUT2D eigenvalue weighted by atomic mass is 35.5. The first kappa shape index (κ1) is 18.5. The standard InChI is InChI=1S/C17H32ClN3/c1-8-21-15(16(18)13(4)20-21)10-14(9-12(2)3)11-19-17(5,6)7/h12,14,19H,8-11H2,1-7H3. The predicted molar refractivity (Wildman–Crippen MR) is 92.1 cm³/mol. The Hall–Kier alpha value is -0.540. The number of hydrogen-bond acceptors (Lipinski definition) is 2. The summed E-state index contributed by atoms with van der Waals surface area (Å²) in [5, 5.41) is 9.02. The van der Waals surface area contributed by atoms with Crippen LogP contribution < -0.4 is 5.32 Å². The summed E-state index contributed by atoms with van der Waals surface area (Å²) in [6.07, 6.45) is 2.20. The molecule has 1 heterocycles. The molecule has 0 saturated carbocycles. The second kappa shape index (κ2) is 7.64. The molecule has 0 spiro atoms. The Bertz CT molecular complexity index is 444. The number of rotatable bonds is 7. The second-order valence-corrected chi connectivity index (χ2v) is 7.87. The molecule has 21 heavy (non-hydrogen) atoms. The fourth-order valence-corrected chi connectivity index (χ4v) is 2.91. The van der Waals surface area contributed by atoms with E-state index in [4.69, 9.17) is 11.6 Å². The molecule has 4 heteroatoms. The minimum absolute atomic E-state index is 0.153. The van der Waals surface area contributed by atoms with Crippen LogP contribution in [-0.4, -0.2) is 21.9 Å². The van der Waals surface area contributed by atoms with Gasteiger partial charge in [0.2, 0.25) is 0 Å². The summed E-state index contributed by atoms with van der Waals surface area (Å²) in [6.45, 7) is 17.2. The lowest BCUT2D eigenvalue weighted by Crippen LogP contribution is -2.40. The molecule has 0 amide bonds. The highest BCUT2D eigenvalue weighted by Crippen LogP contribution is 2.25. The molecular weight excluding hydrogens is 282 g/mol. The van der Waals surface area contributed by atoms with Gasteiger partial charge in [-0.05, 0) is 65.8 Å². The first-order valence-electron chi connectivity index (χ1n) is 8.10. The van der Waals surface area contributed by atoms with Gasteiger partial charge in [-0.3, -0.25) is 4.68 Å². The van der Waals surface area contributed by atoms with E-state index >= 15 is 0 Å². The molecule has 0 fully saturated rings. The van der Waals surface area contributed by atoms with Crippen LogP contribution in [0.4, 0.5) is 0 Å². The molecule has 0 aliphatic heterocycles. The lowest BCUT2D eigenvalue weighted by Gasteiger charge is -2.26. The van der Waals surface area contributed by atoms with Gasteiger partial charge in [0.1, 0.15) is 0 Å². The molecule has 1 aromatic heterocycles. The molecular formula is C17H32ClN3. The maximum atomic E-state index is 6.46. The maximum absolute atomic E-state index is 6.46. The van der Waals surface area contributed by atoms with E-state index in [0.717, 1.165) is 30.2 Å². The lowest BCUT2D eigenvalue weighted by atomic mass is 9.91. The summed E-state index contributed by atoms with van der Waals surface area (Å²) in [5.41, 5.74) is 2.29. The fourth-order valence-electron chi connectivity index (χ4n) is 2.69. The monoisotopic (exact) mass is 313 g/mol. The molecule has 0 aliphatic carbocycles. The first-order valence-corrected chi connectivity index (χ1v) is 8.48. The Morgan fingerprint density at radius 2 is 1.90 bits per heavy atom. The van der Waals surface area contributed by atoms with Crippen LogP contribution in [0.25, 0.3) is 0 Å². The summed E-state index contributed by atoms with van der Waals surface area (Å²) in [5.74, 6) is 1.28. The van der Waals surface area contributed by atoms with Crippen molar-refractivity contribution in [3.63, 3.8) is 0 Å². The number of hydrogen-bond donors (Lipinski definition) is 1. The number of halogens is 1. The number of nitrogens with zero attached hydrogens (tertiary/aromatic N) is 2. The molecule has 0 aromatic carbocycles. The smallest absolute Gasteiger partial charge is 0.0847 e. The average molecular weight is 314 g/mol. The van der Waals surface area contributed by atoms with E-state index in [2.05, 4.69) is 56.6 Å². The number of aryl methyl sites for hydroxylation is 2. The van der Waals surface area contributed by atoms with Gasteiger partial charge in [0.15, 0.2) is 0 Å². The molecule has 1 atom stereocenters. The first-order chi connectivity index (χ1) is 9.64. The SMILES string of the molecule is CCn1nc(C)c(Cl)c1CC(CNC(C)(C)C)CC(C)C. The molecule has 1 unspecified atom stereocenters. The van der Waals surface area contributed by atoms with Gasteiger partial charge in [0.05, 0.1) is 16.4 Å². The Labute approximate surface area is 135 Å². The third-order valence-electron chi connectivity index (χ3n) is 3.66. The van der Waals surface area contributed by atoms with Crippen molar-refractivity contribution in [2.45, 2.75) is 73.4 Å². The average Bonchev–Trinajstić information content (AvgIpc) is 2.62. The van der Waals surface area contributed by atoms with E-state index in [0.29, 0.717) is 11.8 Å². The van der Waals surface area contributed by atoms with Gasteiger partial charge < -0.3 is 5.32 Å². The predicted octanol–water partition coefficient (Wildman–Crippen LogP) is 4.46. The van der Waals surface area contributed by atoms with E-state index < -0.39 is 0 Å². The van der Waals surface area contributed by atoms with Crippen molar-refractivity contribution < 1.29 is 0 Å². The number of aromatic nitrogens is 2. The normalized spacial score (nSPS) is 14.0. The van der Waals surface area contributed by atoms with Gasteiger partial charge in [-0.2, -0.15) is 5.10 Å². The highest BCUT2D eigenvalue weighted by Gasteiger charge is 2.20. The van der Waals surface area contributed by atoms with E-state index in [1.165, 1.54) is 12.1 Å². The van der Waals surface area contributed by atoms with Gasteiger partial charge >= 0.3 is 0 Å². The summed E-state index contributed by atoms with van der Waals surface area (Å²) in [4.78, 5) is 0. The van der Waals surface area contributed by atoms with Crippen molar-refractivity contribution >= 4 is 11.6 Å². The van der Waals surface area contributed by atoms with Gasteiger partial charge in [0, 0.05) is 12.1 Å². The molecule has 3 nitrogen and oxygen atoms in total. The van der Waals surface area contributed by atoms with Crippen LogP contribution in [0.2, 0.25) is 5.02 Å². The van der Waals surface area contributed by atoms with Crippen molar-refractivity contribution in [2.24, 2.45) is 11.8 Å². The minimum Gasteiger partial charge on any atom is -0.312 e. The largest absolute Gasteiger partial charge is 0.312 e. The van der Waals surface area contributed by atoms with Crippen molar-refractivity contribution in [2.75, 3.05) is 6.54 Å². The van der Waals surface area contributed by atoms with Crippen LogP contribution in [-0.2, 0) is 13.0 Å². The Morgan fingerprint density at radius 3 is 2.38 bits per heavy atom. The minimum atomic E-state index is 0.153. The Kier molecular flexibility index (Phi) is 6.73. The van der Waals surface area contributed by atoms with Crippen molar-refractivity contribution in [1.82, 2.24) is 15.1 Å². The van der Waals surface area contributed by atoms with Gasteiger partial charge in [-0.25, -0.2) is 0 Å². The zero-order valence-corrected chi connectivity index (χ0v) is 15.5. The lowest BCUT2D eigenvalue weighted by molar-refractivity contribution is 0.326. The molecule has 0 aliphatic rings. The van der Waals surface area contributed by atoms with Crippen molar-refractivity contribution in [3.05, 3.63) is 16.4 Å². The Morgan fingerprint density at radius 1 is 1.29 bits per heavy atom. The summed E-state index contributed by atoms with van der Waals surface area (Å²) in [6, 6.07) is 0. The third kappa shape index (κ3) is 5.99. The molecule has 1 N–H and O–H groups in total. The topological polar surface area (TPSA) is 29.9 Å². The highest BCUT2D eigenvalue weighted by molar-refractivity contribution is 6.31. The Balaban J connectivity index is 2.85. The molecule has 0 radical (unpaired) electrons. The van der Waals surface area contributed by atoms with Crippen LogP contribution in [0.1, 0.15) is 59.4 Å². The van der Waals surface area contributed by atoms with Gasteiger partial charge in [-0.1, -0.05) is 25.4 Å². The van der Waals surface area contributed by atoms with Crippen molar-refractivity contribution in [1.29, 1.82) is 0 Å². The summed E-state index contributed by atoms with van der Waals surface area (Å²) >= 11 is 6.46. The second-order valence-electron chi connectivity index (χ2n) is 7.49. The summed E-state index contributed by atoms with van der Waals surface area (Å²) in [7, 11) is 0. The third-order valence-corrected chi connectivity index (χ3v) is 4.15. The van der Waals surface area contributed by atoms with Crippen LogP contribution in [0.15, 0.2) is 0 Å². The zero-order valence-electron chi connectivity index (χ0n) is 14.8. The molecule has 1 rings (SSSR count). The molecule has 0 saturated heterocycles. The van der Waals surface area contributed by atoms with E-state index in [1.807, 2.05) is 6.92 Å². The molecule has 122 valence electrons. The summed E-state index contributed by atoms with van der Waals surface area (Å²) < 4.78 is 2.06. The quantitative estimate of drug-likeness (QED) is 0.805. The van der Waals surface area contributed by atoms with Crippen LogP contribution in [0.3, 0.4) is 0 Å². The van der Waals surface area contributed by atoms with E-state index in [-0.39, 0.29) is 5.54 Å². The van der Waals surface area contributed by atoms with Crippen LogP contribution in [0.5, 0.6) is 0 Å². The zero-order chi connectivity index (χ0) is 16.2.